The molecule has 24 heavy (non-hydrogen) atoms. The SMILES string of the molecule is CCN1CCCC1CNC(=O)NCC(O)c1cc2ccccc2s1. The summed E-state index contributed by atoms with van der Waals surface area (Å²) < 4.78 is 1.15. The van der Waals surface area contributed by atoms with Gasteiger partial charge in [-0.15, -0.1) is 11.3 Å². The van der Waals surface area contributed by atoms with Crippen molar-refractivity contribution < 1.29 is 9.90 Å². The van der Waals surface area contributed by atoms with E-state index in [2.05, 4.69) is 22.5 Å². The van der Waals surface area contributed by atoms with Gasteiger partial charge in [-0.25, -0.2) is 4.79 Å². The van der Waals surface area contributed by atoms with Crippen molar-refractivity contribution in [1.29, 1.82) is 0 Å². The predicted molar refractivity (Wildman–Crippen MR) is 98.5 cm³/mol. The van der Waals surface area contributed by atoms with Crippen molar-refractivity contribution in [2.45, 2.75) is 31.9 Å². The van der Waals surface area contributed by atoms with Crippen LogP contribution in [0.25, 0.3) is 10.1 Å². The molecule has 1 fully saturated rings. The third-order valence-electron chi connectivity index (χ3n) is 4.63. The minimum absolute atomic E-state index is 0.210. The molecule has 130 valence electrons. The van der Waals surface area contributed by atoms with Crippen LogP contribution in [0.1, 0.15) is 30.7 Å². The van der Waals surface area contributed by atoms with E-state index in [0.29, 0.717) is 12.6 Å². The molecular weight excluding hydrogens is 322 g/mol. The van der Waals surface area contributed by atoms with E-state index < -0.39 is 6.10 Å². The van der Waals surface area contributed by atoms with Crippen LogP contribution in [0.4, 0.5) is 4.79 Å². The number of urea groups is 1. The molecule has 2 aromatic rings. The highest BCUT2D eigenvalue weighted by atomic mass is 32.1. The molecule has 1 aliphatic heterocycles. The summed E-state index contributed by atoms with van der Waals surface area (Å²) in [6.07, 6.45) is 1.66. The number of aliphatic hydroxyl groups is 1. The second-order valence-corrected chi connectivity index (χ2v) is 7.33. The standard InChI is InChI=1S/C18H25N3O2S/c1-2-21-9-5-7-14(21)11-19-18(23)20-12-15(22)17-10-13-6-3-4-8-16(13)24-17/h3-4,6,8,10,14-15,22H,2,5,7,9,11-12H2,1H3,(H2,19,20,23). The van der Waals surface area contributed by atoms with Crippen LogP contribution in [0, 0.1) is 0 Å². The van der Waals surface area contributed by atoms with Crippen LogP contribution >= 0.6 is 11.3 Å². The number of fused-ring (bicyclic) bond motifs is 1. The molecule has 0 radical (unpaired) electrons. The Labute approximate surface area is 146 Å². The molecule has 2 heterocycles. The van der Waals surface area contributed by atoms with Gasteiger partial charge in [-0.1, -0.05) is 25.1 Å². The monoisotopic (exact) mass is 347 g/mol. The molecule has 2 atom stereocenters. The predicted octanol–water partition coefficient (Wildman–Crippen LogP) is 2.72. The van der Waals surface area contributed by atoms with Gasteiger partial charge in [0.2, 0.25) is 0 Å². The lowest BCUT2D eigenvalue weighted by Crippen LogP contribution is -2.44. The van der Waals surface area contributed by atoms with Crippen LogP contribution in [-0.2, 0) is 0 Å². The maximum Gasteiger partial charge on any atom is 0.314 e. The molecule has 0 bridgehead atoms. The van der Waals surface area contributed by atoms with Crippen LogP contribution in [0.2, 0.25) is 0 Å². The molecule has 0 aliphatic carbocycles. The van der Waals surface area contributed by atoms with E-state index in [9.17, 15) is 9.90 Å². The largest absolute Gasteiger partial charge is 0.386 e. The second-order valence-electron chi connectivity index (χ2n) is 6.22. The van der Waals surface area contributed by atoms with Crippen molar-refractivity contribution in [1.82, 2.24) is 15.5 Å². The molecule has 1 aliphatic rings. The van der Waals surface area contributed by atoms with E-state index in [0.717, 1.165) is 34.5 Å². The van der Waals surface area contributed by atoms with E-state index in [1.165, 1.54) is 6.42 Å². The summed E-state index contributed by atoms with van der Waals surface area (Å²) in [5.74, 6) is 0. The Hall–Kier alpha value is -1.63. The number of nitrogens with one attached hydrogen (secondary N) is 2. The number of carbonyl (C=O) groups excluding carboxylic acids is 1. The zero-order valence-electron chi connectivity index (χ0n) is 14.0. The first-order valence-corrected chi connectivity index (χ1v) is 9.41. The molecule has 3 N–H and O–H groups in total. The highest BCUT2D eigenvalue weighted by Gasteiger charge is 2.23. The fourth-order valence-electron chi connectivity index (χ4n) is 3.27. The zero-order chi connectivity index (χ0) is 16.9. The number of hydrogen-bond donors (Lipinski definition) is 3. The van der Waals surface area contributed by atoms with Crippen molar-refractivity contribution >= 4 is 27.5 Å². The first-order chi connectivity index (χ1) is 11.7. The Morgan fingerprint density at radius 1 is 1.42 bits per heavy atom. The molecular formula is C18H25N3O2S. The van der Waals surface area contributed by atoms with Crippen LogP contribution in [0.3, 0.4) is 0 Å². The van der Waals surface area contributed by atoms with Gasteiger partial charge in [0.15, 0.2) is 0 Å². The number of aliphatic hydroxyl groups excluding tert-OH is 1. The average Bonchev–Trinajstić information content (AvgIpc) is 3.23. The van der Waals surface area contributed by atoms with Crippen molar-refractivity contribution in [2.75, 3.05) is 26.2 Å². The van der Waals surface area contributed by atoms with Gasteiger partial charge in [0.25, 0.3) is 0 Å². The van der Waals surface area contributed by atoms with Gasteiger partial charge >= 0.3 is 6.03 Å². The second kappa shape index (κ2) is 7.96. The molecule has 0 spiro atoms. The normalized spacial score (nSPS) is 19.5. The molecule has 1 aromatic heterocycles. The summed E-state index contributed by atoms with van der Waals surface area (Å²) in [6.45, 7) is 5.19. The number of nitrogens with zero attached hydrogens (tertiary/aromatic N) is 1. The Balaban J connectivity index is 1.45. The highest BCUT2D eigenvalue weighted by molar-refractivity contribution is 7.19. The quantitative estimate of drug-likeness (QED) is 0.753. The lowest BCUT2D eigenvalue weighted by atomic mass is 10.2. The average molecular weight is 347 g/mol. The molecule has 1 aromatic carbocycles. The number of hydrogen-bond acceptors (Lipinski definition) is 4. The lowest BCUT2D eigenvalue weighted by molar-refractivity contribution is 0.175. The van der Waals surface area contributed by atoms with Gasteiger partial charge in [-0.3, -0.25) is 4.90 Å². The minimum Gasteiger partial charge on any atom is -0.386 e. The third-order valence-corrected chi connectivity index (χ3v) is 5.85. The molecule has 6 heteroatoms. The van der Waals surface area contributed by atoms with Crippen molar-refractivity contribution in [3.8, 4) is 0 Å². The molecule has 2 unspecified atom stereocenters. The first-order valence-electron chi connectivity index (χ1n) is 8.59. The van der Waals surface area contributed by atoms with Crippen molar-refractivity contribution in [2.24, 2.45) is 0 Å². The van der Waals surface area contributed by atoms with Crippen LogP contribution < -0.4 is 10.6 Å². The Bertz CT molecular complexity index is 655. The van der Waals surface area contributed by atoms with E-state index in [1.54, 1.807) is 11.3 Å². The lowest BCUT2D eigenvalue weighted by Gasteiger charge is -2.23. The summed E-state index contributed by atoms with van der Waals surface area (Å²) in [5, 5.41) is 17.1. The number of rotatable bonds is 6. The van der Waals surface area contributed by atoms with Gasteiger partial charge in [0.1, 0.15) is 6.10 Å². The van der Waals surface area contributed by atoms with Gasteiger partial charge in [0, 0.05) is 22.2 Å². The van der Waals surface area contributed by atoms with Crippen molar-refractivity contribution in [3.05, 3.63) is 35.2 Å². The summed E-state index contributed by atoms with van der Waals surface area (Å²) in [7, 11) is 0. The van der Waals surface area contributed by atoms with Crippen LogP contribution in [0.15, 0.2) is 30.3 Å². The van der Waals surface area contributed by atoms with Gasteiger partial charge in [-0.05, 0) is 43.5 Å². The topological polar surface area (TPSA) is 64.6 Å². The van der Waals surface area contributed by atoms with Gasteiger partial charge in [0.05, 0.1) is 6.54 Å². The maximum absolute atomic E-state index is 12.0. The van der Waals surface area contributed by atoms with Gasteiger partial charge in [-0.2, -0.15) is 0 Å². The molecule has 2 amide bonds. The number of carbonyl (C=O) groups is 1. The summed E-state index contributed by atoms with van der Waals surface area (Å²) in [4.78, 5) is 15.2. The van der Waals surface area contributed by atoms with Gasteiger partial charge < -0.3 is 15.7 Å². The Morgan fingerprint density at radius 2 is 2.25 bits per heavy atom. The maximum atomic E-state index is 12.0. The summed E-state index contributed by atoms with van der Waals surface area (Å²) >= 11 is 1.57. The van der Waals surface area contributed by atoms with E-state index >= 15 is 0 Å². The minimum atomic E-state index is -0.674. The third kappa shape index (κ3) is 4.06. The smallest absolute Gasteiger partial charge is 0.314 e. The molecule has 0 saturated carbocycles. The van der Waals surface area contributed by atoms with Crippen molar-refractivity contribution in [3.63, 3.8) is 0 Å². The zero-order valence-corrected chi connectivity index (χ0v) is 14.8. The van der Waals surface area contributed by atoms with E-state index in [-0.39, 0.29) is 12.6 Å². The first kappa shape index (κ1) is 17.2. The molecule has 5 nitrogen and oxygen atoms in total. The molecule has 3 rings (SSSR count). The fraction of sp³-hybridized carbons (Fsp3) is 0.500. The van der Waals surface area contributed by atoms with Crippen LogP contribution in [-0.4, -0.2) is 48.3 Å². The number of benzene rings is 1. The highest BCUT2D eigenvalue weighted by Crippen LogP contribution is 2.29. The number of likely N-dealkylation sites (tertiary alicyclic amines) is 1. The van der Waals surface area contributed by atoms with E-state index in [1.807, 2.05) is 30.3 Å². The Kier molecular flexibility index (Phi) is 5.71. The number of likely N-dealkylation sites (N-methyl/N-ethyl adjacent to an activating group) is 1. The summed E-state index contributed by atoms with van der Waals surface area (Å²) in [5.41, 5.74) is 0. The summed E-state index contributed by atoms with van der Waals surface area (Å²) in [6, 6.07) is 10.3. The van der Waals surface area contributed by atoms with E-state index in [4.69, 9.17) is 0 Å². The number of thiophene rings is 1. The van der Waals surface area contributed by atoms with Crippen LogP contribution in [0.5, 0.6) is 0 Å². The Morgan fingerprint density at radius 3 is 3.04 bits per heavy atom. The molecule has 1 saturated heterocycles. The fourth-order valence-corrected chi connectivity index (χ4v) is 4.32. The number of amides is 2.